The van der Waals surface area contributed by atoms with Crippen molar-refractivity contribution in [1.29, 1.82) is 5.26 Å². The number of hydrogen-bond acceptors (Lipinski definition) is 3. The first-order valence-corrected chi connectivity index (χ1v) is 9.71. The molecule has 0 saturated carbocycles. The van der Waals surface area contributed by atoms with E-state index in [-0.39, 0.29) is 11.8 Å². The Morgan fingerprint density at radius 2 is 1.64 bits per heavy atom. The van der Waals surface area contributed by atoms with Crippen LogP contribution in [0, 0.1) is 25.2 Å². The summed E-state index contributed by atoms with van der Waals surface area (Å²) in [7, 11) is 0. The summed E-state index contributed by atoms with van der Waals surface area (Å²) in [4.78, 5) is 0. The summed E-state index contributed by atoms with van der Waals surface area (Å²) >= 11 is 0. The van der Waals surface area contributed by atoms with Gasteiger partial charge in [-0.05, 0) is 61.5 Å². The number of nitriles is 1. The fraction of sp³-hybridized carbons (Fsp3) is 0.240. The SMILES string of the molecule is Cc1ccc(C=C2CCCC3=C2OC(N)=C(C#N)C3c2ccc(C)cc2)cc1. The van der Waals surface area contributed by atoms with E-state index in [2.05, 4.69) is 74.5 Å². The minimum Gasteiger partial charge on any atom is -0.440 e. The van der Waals surface area contributed by atoms with Crippen molar-refractivity contribution in [2.45, 2.75) is 39.0 Å². The van der Waals surface area contributed by atoms with Crippen molar-refractivity contribution >= 4 is 6.08 Å². The third-order valence-corrected chi connectivity index (χ3v) is 5.54. The second-order valence-corrected chi connectivity index (χ2v) is 7.62. The van der Waals surface area contributed by atoms with Crippen LogP contribution >= 0.6 is 0 Å². The molecule has 1 heterocycles. The third kappa shape index (κ3) is 3.34. The smallest absolute Gasteiger partial charge is 0.205 e. The maximum Gasteiger partial charge on any atom is 0.205 e. The molecule has 28 heavy (non-hydrogen) atoms. The zero-order valence-electron chi connectivity index (χ0n) is 16.3. The first kappa shape index (κ1) is 18.1. The predicted molar refractivity (Wildman–Crippen MR) is 112 cm³/mol. The Hall–Kier alpha value is -3.25. The van der Waals surface area contributed by atoms with Crippen LogP contribution in [0.25, 0.3) is 6.08 Å². The lowest BCUT2D eigenvalue weighted by atomic mass is 9.77. The molecule has 0 saturated heterocycles. The van der Waals surface area contributed by atoms with Crippen LogP contribution in [0.4, 0.5) is 0 Å². The summed E-state index contributed by atoms with van der Waals surface area (Å²) in [6, 6.07) is 19.1. The summed E-state index contributed by atoms with van der Waals surface area (Å²) in [5, 5.41) is 9.76. The van der Waals surface area contributed by atoms with Gasteiger partial charge in [0.1, 0.15) is 17.4 Å². The molecule has 3 nitrogen and oxygen atoms in total. The number of aryl methyl sites for hydroxylation is 2. The molecular formula is C25H24N2O. The molecule has 2 N–H and O–H groups in total. The van der Waals surface area contributed by atoms with Gasteiger partial charge in [0.15, 0.2) is 0 Å². The Morgan fingerprint density at radius 1 is 1.00 bits per heavy atom. The van der Waals surface area contributed by atoms with Crippen molar-refractivity contribution < 1.29 is 4.74 Å². The van der Waals surface area contributed by atoms with E-state index in [1.807, 2.05) is 0 Å². The van der Waals surface area contributed by atoms with Crippen molar-refractivity contribution in [3.05, 3.63) is 99.1 Å². The van der Waals surface area contributed by atoms with Crippen LogP contribution in [0.5, 0.6) is 0 Å². The monoisotopic (exact) mass is 368 g/mol. The van der Waals surface area contributed by atoms with Gasteiger partial charge in [0, 0.05) is 5.92 Å². The number of allylic oxidation sites excluding steroid dienone is 3. The van der Waals surface area contributed by atoms with Gasteiger partial charge in [-0.3, -0.25) is 0 Å². The van der Waals surface area contributed by atoms with E-state index < -0.39 is 0 Å². The van der Waals surface area contributed by atoms with Crippen molar-refractivity contribution in [2.75, 3.05) is 0 Å². The average molecular weight is 368 g/mol. The van der Waals surface area contributed by atoms with Gasteiger partial charge in [0.05, 0.1) is 0 Å². The number of benzene rings is 2. The van der Waals surface area contributed by atoms with Gasteiger partial charge >= 0.3 is 0 Å². The first-order chi connectivity index (χ1) is 13.6. The molecule has 140 valence electrons. The van der Waals surface area contributed by atoms with E-state index in [1.54, 1.807) is 0 Å². The van der Waals surface area contributed by atoms with Gasteiger partial charge in [-0.1, -0.05) is 59.7 Å². The number of nitrogens with two attached hydrogens (primary N) is 1. The van der Waals surface area contributed by atoms with Crippen molar-refractivity contribution in [3.8, 4) is 6.07 Å². The van der Waals surface area contributed by atoms with Gasteiger partial charge in [-0.25, -0.2) is 0 Å². The predicted octanol–water partition coefficient (Wildman–Crippen LogP) is 5.63. The minimum atomic E-state index is -0.129. The molecule has 4 rings (SSSR count). The van der Waals surface area contributed by atoms with Crippen molar-refractivity contribution in [3.63, 3.8) is 0 Å². The quantitative estimate of drug-likeness (QED) is 0.747. The lowest BCUT2D eigenvalue weighted by Gasteiger charge is -2.33. The molecule has 0 amide bonds. The molecule has 3 heteroatoms. The Balaban J connectivity index is 1.82. The van der Waals surface area contributed by atoms with E-state index in [0.29, 0.717) is 5.57 Å². The van der Waals surface area contributed by atoms with Gasteiger partial charge in [0.25, 0.3) is 0 Å². The Bertz CT molecular complexity index is 1030. The molecule has 2 aromatic rings. The Morgan fingerprint density at radius 3 is 2.29 bits per heavy atom. The van der Waals surface area contributed by atoms with Crippen LogP contribution < -0.4 is 5.73 Å². The maximum atomic E-state index is 9.76. The summed E-state index contributed by atoms with van der Waals surface area (Å²) in [5.74, 6) is 0.952. The number of hydrogen-bond donors (Lipinski definition) is 1. The normalized spacial score (nSPS) is 20.6. The second-order valence-electron chi connectivity index (χ2n) is 7.62. The van der Waals surface area contributed by atoms with E-state index in [0.717, 1.165) is 41.7 Å². The average Bonchev–Trinajstić information content (AvgIpc) is 2.70. The fourth-order valence-electron chi connectivity index (χ4n) is 4.04. The lowest BCUT2D eigenvalue weighted by Crippen LogP contribution is -2.23. The van der Waals surface area contributed by atoms with E-state index in [9.17, 15) is 5.26 Å². The van der Waals surface area contributed by atoms with Gasteiger partial charge in [-0.15, -0.1) is 0 Å². The zero-order valence-corrected chi connectivity index (χ0v) is 16.3. The molecule has 1 unspecified atom stereocenters. The molecule has 0 radical (unpaired) electrons. The summed E-state index contributed by atoms with van der Waals surface area (Å²) < 4.78 is 6.02. The zero-order chi connectivity index (χ0) is 19.7. The molecule has 2 aliphatic rings. The van der Waals surface area contributed by atoms with Crippen LogP contribution in [0.3, 0.4) is 0 Å². The molecule has 1 aliphatic heterocycles. The maximum absolute atomic E-state index is 9.76. The van der Waals surface area contributed by atoms with Crippen LogP contribution in [-0.2, 0) is 4.74 Å². The van der Waals surface area contributed by atoms with Gasteiger partial charge in [-0.2, -0.15) is 5.26 Å². The standard InChI is InChI=1S/C25H24N2O/c1-16-6-10-18(11-7-16)14-20-4-3-5-21-23(19-12-8-17(2)9-13-19)22(15-26)25(27)28-24(20)21/h6-14,23H,3-5,27H2,1-2H3. The Labute approximate surface area is 166 Å². The first-order valence-electron chi connectivity index (χ1n) is 9.71. The van der Waals surface area contributed by atoms with Crippen LogP contribution in [-0.4, -0.2) is 0 Å². The number of nitrogens with zero attached hydrogens (tertiary/aromatic N) is 1. The fourth-order valence-corrected chi connectivity index (χ4v) is 4.04. The van der Waals surface area contributed by atoms with E-state index in [1.165, 1.54) is 16.7 Å². The van der Waals surface area contributed by atoms with Crippen molar-refractivity contribution in [1.82, 2.24) is 0 Å². The van der Waals surface area contributed by atoms with Gasteiger partial charge in [0.2, 0.25) is 5.88 Å². The molecule has 1 atom stereocenters. The molecule has 2 aromatic carbocycles. The third-order valence-electron chi connectivity index (χ3n) is 5.54. The number of ether oxygens (including phenoxy) is 1. The van der Waals surface area contributed by atoms with Crippen LogP contribution in [0.1, 0.15) is 47.4 Å². The molecule has 0 aromatic heterocycles. The highest BCUT2D eigenvalue weighted by atomic mass is 16.5. The molecule has 1 aliphatic carbocycles. The minimum absolute atomic E-state index is 0.129. The second kappa shape index (κ2) is 7.40. The summed E-state index contributed by atoms with van der Waals surface area (Å²) in [5.41, 5.74) is 13.7. The molecule has 0 fully saturated rings. The summed E-state index contributed by atoms with van der Waals surface area (Å²) in [6.07, 6.45) is 5.09. The van der Waals surface area contributed by atoms with Crippen LogP contribution in [0.2, 0.25) is 0 Å². The van der Waals surface area contributed by atoms with Crippen molar-refractivity contribution in [2.24, 2.45) is 5.73 Å². The summed E-state index contributed by atoms with van der Waals surface area (Å²) in [6.45, 7) is 4.15. The highest BCUT2D eigenvalue weighted by Crippen LogP contribution is 2.46. The lowest BCUT2D eigenvalue weighted by molar-refractivity contribution is 0.277. The Kier molecular flexibility index (Phi) is 4.79. The largest absolute Gasteiger partial charge is 0.440 e. The molecule has 0 spiro atoms. The highest BCUT2D eigenvalue weighted by molar-refractivity contribution is 5.62. The molecule has 0 bridgehead atoms. The molecular weight excluding hydrogens is 344 g/mol. The van der Waals surface area contributed by atoms with Crippen LogP contribution in [0.15, 0.2) is 76.9 Å². The topological polar surface area (TPSA) is 59.0 Å². The van der Waals surface area contributed by atoms with E-state index >= 15 is 0 Å². The highest BCUT2D eigenvalue weighted by Gasteiger charge is 2.35. The van der Waals surface area contributed by atoms with Gasteiger partial charge < -0.3 is 10.5 Å². The van der Waals surface area contributed by atoms with E-state index in [4.69, 9.17) is 10.5 Å². The number of rotatable bonds is 2.